The number of nitrogens with two attached hydrogens (primary N) is 1. The second-order valence-electron chi connectivity index (χ2n) is 5.25. The molecular formula is C14H21N3O2S. The van der Waals surface area contributed by atoms with E-state index in [0.717, 1.165) is 0 Å². The number of benzene rings is 1. The third kappa shape index (κ3) is 5.70. The van der Waals surface area contributed by atoms with Crippen LogP contribution < -0.4 is 10.5 Å². The van der Waals surface area contributed by atoms with E-state index in [4.69, 9.17) is 11.0 Å². The molecule has 6 heteroatoms. The van der Waals surface area contributed by atoms with Gasteiger partial charge in [-0.1, -0.05) is 26.0 Å². The summed E-state index contributed by atoms with van der Waals surface area (Å²) >= 11 is 0. The normalized spacial score (nSPS) is 13.2. The molecule has 20 heavy (non-hydrogen) atoms. The van der Waals surface area contributed by atoms with Crippen molar-refractivity contribution in [3.8, 4) is 6.07 Å². The molecule has 0 saturated carbocycles. The minimum atomic E-state index is -3.46. The summed E-state index contributed by atoms with van der Waals surface area (Å²) in [7, 11) is -3.46. The Labute approximate surface area is 120 Å². The van der Waals surface area contributed by atoms with E-state index in [0.29, 0.717) is 23.5 Å². The molecule has 1 atom stereocenters. The van der Waals surface area contributed by atoms with Crippen LogP contribution in [0.2, 0.25) is 0 Å². The van der Waals surface area contributed by atoms with Crippen LogP contribution in [0.25, 0.3) is 0 Å². The first-order valence-electron chi connectivity index (χ1n) is 6.55. The Hall–Kier alpha value is -1.42. The van der Waals surface area contributed by atoms with Crippen LogP contribution in [-0.2, 0) is 15.8 Å². The van der Waals surface area contributed by atoms with E-state index in [1.807, 2.05) is 19.9 Å². The van der Waals surface area contributed by atoms with Gasteiger partial charge in [0.2, 0.25) is 10.0 Å². The van der Waals surface area contributed by atoms with E-state index in [-0.39, 0.29) is 18.3 Å². The van der Waals surface area contributed by atoms with Gasteiger partial charge in [-0.15, -0.1) is 0 Å². The Morgan fingerprint density at radius 3 is 2.65 bits per heavy atom. The number of nitriles is 1. The van der Waals surface area contributed by atoms with Crippen LogP contribution >= 0.6 is 0 Å². The Kier molecular flexibility index (Phi) is 6.14. The summed E-state index contributed by atoms with van der Waals surface area (Å²) in [5, 5.41) is 8.81. The maximum atomic E-state index is 12.1. The van der Waals surface area contributed by atoms with Crippen molar-refractivity contribution in [2.24, 2.45) is 11.7 Å². The average molecular weight is 295 g/mol. The molecule has 5 nitrogen and oxygen atoms in total. The highest BCUT2D eigenvalue weighted by molar-refractivity contribution is 7.88. The molecule has 1 unspecified atom stereocenters. The number of nitrogens with zero attached hydrogens (tertiary/aromatic N) is 1. The molecule has 0 heterocycles. The van der Waals surface area contributed by atoms with Crippen molar-refractivity contribution in [3.05, 3.63) is 35.4 Å². The summed E-state index contributed by atoms with van der Waals surface area (Å²) in [4.78, 5) is 0. The molecule has 0 aliphatic rings. The highest BCUT2D eigenvalue weighted by Gasteiger charge is 2.18. The molecule has 1 aromatic carbocycles. The lowest BCUT2D eigenvalue weighted by Gasteiger charge is -2.18. The van der Waals surface area contributed by atoms with Crippen molar-refractivity contribution in [2.45, 2.75) is 32.1 Å². The van der Waals surface area contributed by atoms with Crippen LogP contribution in [0.5, 0.6) is 0 Å². The van der Waals surface area contributed by atoms with Gasteiger partial charge in [0.25, 0.3) is 0 Å². The molecule has 0 radical (unpaired) electrons. The molecule has 1 rings (SSSR count). The molecule has 110 valence electrons. The lowest BCUT2D eigenvalue weighted by molar-refractivity contribution is 0.465. The molecule has 0 spiro atoms. The van der Waals surface area contributed by atoms with Crippen LogP contribution in [0.15, 0.2) is 24.3 Å². The Morgan fingerprint density at radius 1 is 1.40 bits per heavy atom. The highest BCUT2D eigenvalue weighted by Crippen LogP contribution is 2.10. The minimum absolute atomic E-state index is 0.142. The quantitative estimate of drug-likeness (QED) is 0.793. The summed E-state index contributed by atoms with van der Waals surface area (Å²) in [6.07, 6.45) is 0.702. The Morgan fingerprint density at radius 2 is 2.10 bits per heavy atom. The molecule has 0 fully saturated rings. The maximum Gasteiger partial charge on any atom is 0.216 e. The van der Waals surface area contributed by atoms with Crippen LogP contribution in [0.1, 0.15) is 31.4 Å². The lowest BCUT2D eigenvalue weighted by atomic mass is 10.1. The Balaban J connectivity index is 2.76. The monoisotopic (exact) mass is 295 g/mol. The van der Waals surface area contributed by atoms with E-state index in [2.05, 4.69) is 4.72 Å². The first-order chi connectivity index (χ1) is 9.36. The first kappa shape index (κ1) is 16.6. The van der Waals surface area contributed by atoms with E-state index in [1.165, 1.54) is 0 Å². The summed E-state index contributed by atoms with van der Waals surface area (Å²) in [5.41, 5.74) is 6.65. The van der Waals surface area contributed by atoms with E-state index < -0.39 is 10.0 Å². The first-order valence-corrected chi connectivity index (χ1v) is 8.20. The molecular weight excluding hydrogens is 274 g/mol. The van der Waals surface area contributed by atoms with Crippen molar-refractivity contribution >= 4 is 10.0 Å². The van der Waals surface area contributed by atoms with Crippen molar-refractivity contribution in [1.29, 1.82) is 5.26 Å². The number of rotatable bonds is 7. The SMILES string of the molecule is CC(C)CC(CN)NS(=O)(=O)Cc1cccc(C#N)c1. The van der Waals surface area contributed by atoms with Crippen molar-refractivity contribution < 1.29 is 8.42 Å². The van der Waals surface area contributed by atoms with Crippen molar-refractivity contribution in [2.75, 3.05) is 6.54 Å². The molecule has 0 aliphatic carbocycles. The lowest BCUT2D eigenvalue weighted by Crippen LogP contribution is -2.41. The standard InChI is InChI=1S/C14H21N3O2S/c1-11(2)6-14(9-16)17-20(18,19)10-13-5-3-4-12(7-13)8-15/h3-5,7,11,14,17H,6,9-10,16H2,1-2H3. The molecule has 0 aliphatic heterocycles. The largest absolute Gasteiger partial charge is 0.329 e. The molecule has 0 amide bonds. The number of hydrogen-bond acceptors (Lipinski definition) is 4. The summed E-state index contributed by atoms with van der Waals surface area (Å²) in [6, 6.07) is 8.34. The van der Waals surface area contributed by atoms with Crippen LogP contribution in [0.3, 0.4) is 0 Å². The third-order valence-electron chi connectivity index (χ3n) is 2.80. The average Bonchev–Trinajstić information content (AvgIpc) is 2.36. The highest BCUT2D eigenvalue weighted by atomic mass is 32.2. The zero-order chi connectivity index (χ0) is 15.2. The number of sulfonamides is 1. The smallest absolute Gasteiger partial charge is 0.216 e. The Bertz CT molecular complexity index is 576. The van der Waals surface area contributed by atoms with E-state index >= 15 is 0 Å². The molecule has 0 aromatic heterocycles. The van der Waals surface area contributed by atoms with Gasteiger partial charge < -0.3 is 5.73 Å². The van der Waals surface area contributed by atoms with Gasteiger partial charge in [0.1, 0.15) is 0 Å². The fourth-order valence-electron chi connectivity index (χ4n) is 2.01. The van der Waals surface area contributed by atoms with Gasteiger partial charge in [-0.05, 0) is 30.0 Å². The molecule has 0 bridgehead atoms. The second kappa shape index (κ2) is 7.39. The summed E-state index contributed by atoms with van der Waals surface area (Å²) in [6.45, 7) is 4.32. The van der Waals surface area contributed by atoms with E-state index in [1.54, 1.807) is 24.3 Å². The van der Waals surface area contributed by atoms with Gasteiger partial charge in [0.15, 0.2) is 0 Å². The zero-order valence-electron chi connectivity index (χ0n) is 11.8. The maximum absolute atomic E-state index is 12.1. The molecule has 3 N–H and O–H groups in total. The zero-order valence-corrected chi connectivity index (χ0v) is 12.7. The van der Waals surface area contributed by atoms with Gasteiger partial charge >= 0.3 is 0 Å². The second-order valence-corrected chi connectivity index (χ2v) is 7.01. The van der Waals surface area contributed by atoms with Gasteiger partial charge in [-0.3, -0.25) is 0 Å². The van der Waals surface area contributed by atoms with Crippen LogP contribution in [0.4, 0.5) is 0 Å². The predicted molar refractivity (Wildman–Crippen MR) is 79.2 cm³/mol. The summed E-state index contributed by atoms with van der Waals surface area (Å²) in [5.74, 6) is 0.227. The third-order valence-corrected chi connectivity index (χ3v) is 4.21. The fourth-order valence-corrected chi connectivity index (χ4v) is 3.41. The van der Waals surface area contributed by atoms with Crippen molar-refractivity contribution in [1.82, 2.24) is 4.72 Å². The predicted octanol–water partition coefficient (Wildman–Crippen LogP) is 1.35. The van der Waals surface area contributed by atoms with Gasteiger partial charge in [-0.25, -0.2) is 13.1 Å². The molecule has 1 aromatic rings. The van der Waals surface area contributed by atoms with Crippen LogP contribution in [0, 0.1) is 17.2 Å². The minimum Gasteiger partial charge on any atom is -0.329 e. The van der Waals surface area contributed by atoms with Crippen molar-refractivity contribution in [3.63, 3.8) is 0 Å². The summed E-state index contributed by atoms with van der Waals surface area (Å²) < 4.78 is 26.8. The van der Waals surface area contributed by atoms with Crippen LogP contribution in [-0.4, -0.2) is 21.0 Å². The van der Waals surface area contributed by atoms with Gasteiger partial charge in [0.05, 0.1) is 17.4 Å². The number of hydrogen-bond donors (Lipinski definition) is 2. The topological polar surface area (TPSA) is 96.0 Å². The molecule has 0 saturated heterocycles. The fraction of sp³-hybridized carbons (Fsp3) is 0.500. The number of nitrogens with one attached hydrogen (secondary N) is 1. The van der Waals surface area contributed by atoms with Gasteiger partial charge in [0, 0.05) is 12.6 Å². The van der Waals surface area contributed by atoms with E-state index in [9.17, 15) is 8.42 Å². The van der Waals surface area contributed by atoms with Gasteiger partial charge in [-0.2, -0.15) is 5.26 Å².